The summed E-state index contributed by atoms with van der Waals surface area (Å²) in [4.78, 5) is 0. The molecule has 0 heterocycles. The highest BCUT2D eigenvalue weighted by Crippen LogP contribution is 2.37. The van der Waals surface area contributed by atoms with Crippen LogP contribution in [0.2, 0.25) is 5.02 Å². The lowest BCUT2D eigenvalue weighted by Crippen LogP contribution is -2.13. The lowest BCUT2D eigenvalue weighted by atomic mass is 10.1. The molecule has 2 aromatic carbocycles. The molecular formula is C15H12ClF3IN. The summed E-state index contributed by atoms with van der Waals surface area (Å²) < 4.78 is 40.2. The van der Waals surface area contributed by atoms with Crippen LogP contribution in [-0.2, 0) is 6.18 Å². The minimum absolute atomic E-state index is 0.0259. The maximum Gasteiger partial charge on any atom is 0.418 e. The minimum atomic E-state index is -4.45. The Hall–Kier alpha value is -0.950. The average Bonchev–Trinajstić information content (AvgIpc) is 2.40. The Morgan fingerprint density at radius 2 is 1.71 bits per heavy atom. The molecule has 1 nitrogen and oxygen atoms in total. The Balaban J connectivity index is 2.29. The molecule has 21 heavy (non-hydrogen) atoms. The van der Waals surface area contributed by atoms with Crippen molar-refractivity contribution >= 4 is 39.9 Å². The Labute approximate surface area is 139 Å². The van der Waals surface area contributed by atoms with Gasteiger partial charge in [-0.2, -0.15) is 13.2 Å². The van der Waals surface area contributed by atoms with Crippen molar-refractivity contribution in [3.63, 3.8) is 0 Å². The van der Waals surface area contributed by atoms with E-state index in [0.717, 1.165) is 15.2 Å². The largest absolute Gasteiger partial charge is 0.418 e. The molecule has 2 rings (SSSR count). The van der Waals surface area contributed by atoms with Crippen molar-refractivity contribution in [2.45, 2.75) is 19.1 Å². The Bertz CT molecular complexity index is 626. The smallest absolute Gasteiger partial charge is 0.378 e. The van der Waals surface area contributed by atoms with E-state index in [2.05, 4.69) is 27.9 Å². The molecule has 1 N–H and O–H groups in total. The molecule has 0 radical (unpaired) electrons. The van der Waals surface area contributed by atoms with Crippen molar-refractivity contribution < 1.29 is 13.2 Å². The highest BCUT2D eigenvalue weighted by atomic mass is 127. The number of nitrogens with one attached hydrogen (secondary N) is 1. The lowest BCUT2D eigenvalue weighted by molar-refractivity contribution is -0.137. The minimum Gasteiger partial charge on any atom is -0.378 e. The van der Waals surface area contributed by atoms with Crippen LogP contribution in [0.4, 0.5) is 18.9 Å². The molecular weight excluding hydrogens is 414 g/mol. The van der Waals surface area contributed by atoms with E-state index < -0.39 is 11.7 Å². The third-order valence-corrected chi connectivity index (χ3v) is 3.98. The summed E-state index contributed by atoms with van der Waals surface area (Å²) >= 11 is 7.84. The lowest BCUT2D eigenvalue weighted by Gasteiger charge is -2.20. The monoisotopic (exact) mass is 425 g/mol. The summed E-state index contributed by atoms with van der Waals surface area (Å²) in [7, 11) is 0. The summed E-state index contributed by atoms with van der Waals surface area (Å²) in [5.74, 6) is 0. The van der Waals surface area contributed by atoms with Gasteiger partial charge in [0.1, 0.15) is 0 Å². The van der Waals surface area contributed by atoms with Crippen LogP contribution in [0.3, 0.4) is 0 Å². The summed E-state index contributed by atoms with van der Waals surface area (Å²) in [5, 5.41) is 2.96. The average molecular weight is 426 g/mol. The first kappa shape index (κ1) is 16.4. The van der Waals surface area contributed by atoms with Crippen LogP contribution in [-0.4, -0.2) is 0 Å². The van der Waals surface area contributed by atoms with Crippen LogP contribution in [0, 0.1) is 3.57 Å². The van der Waals surface area contributed by atoms with Crippen LogP contribution in [0.25, 0.3) is 0 Å². The SMILES string of the molecule is CC(Nc1ccc(Cl)cc1C(F)(F)F)c1ccc(I)cc1. The molecule has 6 heteroatoms. The molecule has 1 unspecified atom stereocenters. The molecule has 0 bridgehead atoms. The zero-order chi connectivity index (χ0) is 15.6. The molecule has 1 atom stereocenters. The summed E-state index contributed by atoms with van der Waals surface area (Å²) in [6.45, 7) is 1.82. The van der Waals surface area contributed by atoms with Crippen LogP contribution >= 0.6 is 34.2 Å². The maximum atomic E-state index is 13.0. The first-order chi connectivity index (χ1) is 9.77. The topological polar surface area (TPSA) is 12.0 Å². The second-order valence-corrected chi connectivity index (χ2v) is 6.29. The number of anilines is 1. The molecule has 0 aromatic heterocycles. The van der Waals surface area contributed by atoms with Gasteiger partial charge in [-0.1, -0.05) is 23.7 Å². The number of hydrogen-bond donors (Lipinski definition) is 1. The Morgan fingerprint density at radius 3 is 2.29 bits per heavy atom. The van der Waals surface area contributed by atoms with E-state index >= 15 is 0 Å². The molecule has 0 amide bonds. The van der Waals surface area contributed by atoms with Crippen LogP contribution < -0.4 is 5.32 Å². The van der Waals surface area contributed by atoms with Gasteiger partial charge in [-0.25, -0.2) is 0 Å². The van der Waals surface area contributed by atoms with Gasteiger partial charge in [0.25, 0.3) is 0 Å². The summed E-state index contributed by atoms with van der Waals surface area (Å²) in [5.41, 5.74) is 0.184. The van der Waals surface area contributed by atoms with E-state index in [1.807, 2.05) is 31.2 Å². The van der Waals surface area contributed by atoms with Crippen LogP contribution in [0.15, 0.2) is 42.5 Å². The quantitative estimate of drug-likeness (QED) is 0.583. The second kappa shape index (κ2) is 6.44. The van der Waals surface area contributed by atoms with Gasteiger partial charge < -0.3 is 5.32 Å². The van der Waals surface area contributed by atoms with E-state index in [0.29, 0.717) is 0 Å². The van der Waals surface area contributed by atoms with E-state index in [-0.39, 0.29) is 16.8 Å². The van der Waals surface area contributed by atoms with Crippen molar-refractivity contribution in [3.8, 4) is 0 Å². The third kappa shape index (κ3) is 4.26. The Kier molecular flexibility index (Phi) is 5.03. The zero-order valence-corrected chi connectivity index (χ0v) is 13.9. The zero-order valence-electron chi connectivity index (χ0n) is 11.0. The van der Waals surface area contributed by atoms with Gasteiger partial charge >= 0.3 is 6.18 Å². The predicted molar refractivity (Wildman–Crippen MR) is 87.7 cm³/mol. The van der Waals surface area contributed by atoms with Gasteiger partial charge in [-0.05, 0) is 65.4 Å². The van der Waals surface area contributed by atoms with Crippen molar-refractivity contribution in [2.75, 3.05) is 5.32 Å². The van der Waals surface area contributed by atoms with E-state index in [1.54, 1.807) is 0 Å². The molecule has 0 saturated heterocycles. The fourth-order valence-corrected chi connectivity index (χ4v) is 2.48. The van der Waals surface area contributed by atoms with Crippen molar-refractivity contribution in [1.82, 2.24) is 0 Å². The van der Waals surface area contributed by atoms with Crippen molar-refractivity contribution in [3.05, 3.63) is 62.2 Å². The first-order valence-corrected chi connectivity index (χ1v) is 7.62. The fourth-order valence-electron chi connectivity index (χ4n) is 1.94. The maximum absolute atomic E-state index is 13.0. The number of alkyl halides is 3. The molecule has 0 spiro atoms. The molecule has 0 aliphatic heterocycles. The number of halogens is 5. The molecule has 0 aliphatic rings. The normalized spacial score (nSPS) is 13.0. The van der Waals surface area contributed by atoms with Crippen LogP contribution in [0.5, 0.6) is 0 Å². The van der Waals surface area contributed by atoms with Gasteiger partial charge in [0, 0.05) is 20.3 Å². The van der Waals surface area contributed by atoms with Gasteiger partial charge in [0.15, 0.2) is 0 Å². The standard InChI is InChI=1S/C15H12ClF3IN/c1-9(10-2-5-12(20)6-3-10)21-14-7-4-11(16)8-13(14)15(17,18)19/h2-9,21H,1H3. The highest BCUT2D eigenvalue weighted by molar-refractivity contribution is 14.1. The molecule has 0 saturated carbocycles. The number of rotatable bonds is 3. The van der Waals surface area contributed by atoms with Gasteiger partial charge in [-0.3, -0.25) is 0 Å². The van der Waals surface area contributed by atoms with E-state index in [1.165, 1.54) is 12.1 Å². The van der Waals surface area contributed by atoms with Gasteiger partial charge in [0.05, 0.1) is 5.56 Å². The number of benzene rings is 2. The summed E-state index contributed by atoms with van der Waals surface area (Å²) in [6.07, 6.45) is -4.45. The summed E-state index contributed by atoms with van der Waals surface area (Å²) in [6, 6.07) is 11.1. The Morgan fingerprint density at radius 1 is 1.10 bits per heavy atom. The van der Waals surface area contributed by atoms with E-state index in [4.69, 9.17) is 11.6 Å². The van der Waals surface area contributed by atoms with Gasteiger partial charge in [0.2, 0.25) is 0 Å². The van der Waals surface area contributed by atoms with Crippen molar-refractivity contribution in [2.24, 2.45) is 0 Å². The van der Waals surface area contributed by atoms with Crippen LogP contribution in [0.1, 0.15) is 24.1 Å². The molecule has 2 aromatic rings. The molecule has 112 valence electrons. The first-order valence-electron chi connectivity index (χ1n) is 6.16. The van der Waals surface area contributed by atoms with Crippen molar-refractivity contribution in [1.29, 1.82) is 0 Å². The highest BCUT2D eigenvalue weighted by Gasteiger charge is 2.34. The fraction of sp³-hybridized carbons (Fsp3) is 0.200. The van der Waals surface area contributed by atoms with E-state index in [9.17, 15) is 13.2 Å². The molecule has 0 fully saturated rings. The predicted octanol–water partition coefficient (Wildman–Crippen LogP) is 6.14. The second-order valence-electron chi connectivity index (χ2n) is 4.61. The number of hydrogen-bond acceptors (Lipinski definition) is 1. The van der Waals surface area contributed by atoms with Gasteiger partial charge in [-0.15, -0.1) is 0 Å². The molecule has 0 aliphatic carbocycles. The third-order valence-electron chi connectivity index (χ3n) is 3.03.